The highest BCUT2D eigenvalue weighted by atomic mass is 19.1. The second-order valence-corrected chi connectivity index (χ2v) is 3.71. The van der Waals surface area contributed by atoms with E-state index in [2.05, 4.69) is 6.58 Å². The van der Waals surface area contributed by atoms with Crippen LogP contribution in [0, 0.1) is 5.41 Å². The molecule has 1 nitrogen and oxygen atoms in total. The third-order valence-electron chi connectivity index (χ3n) is 1.99. The Labute approximate surface area is 82.6 Å². The first-order valence-electron chi connectivity index (χ1n) is 4.79. The minimum atomic E-state index is -0.372. The molecule has 0 radical (unpaired) electrons. The van der Waals surface area contributed by atoms with E-state index in [9.17, 15) is 4.39 Å². The van der Waals surface area contributed by atoms with Crippen LogP contribution in [-0.2, 0) is 0 Å². The molecule has 13 heavy (non-hydrogen) atoms. The molecule has 0 bridgehead atoms. The van der Waals surface area contributed by atoms with Gasteiger partial charge in [0.1, 0.15) is 0 Å². The van der Waals surface area contributed by atoms with E-state index in [4.69, 9.17) is 0 Å². The van der Waals surface area contributed by atoms with Gasteiger partial charge in [-0.1, -0.05) is 32.9 Å². The first kappa shape index (κ1) is 15.1. The van der Waals surface area contributed by atoms with Crippen LogP contribution >= 0.6 is 0 Å². The van der Waals surface area contributed by atoms with Gasteiger partial charge in [0.05, 0.1) is 6.67 Å². The van der Waals surface area contributed by atoms with Crippen molar-refractivity contribution < 1.29 is 4.39 Å². The molecule has 0 aromatic carbocycles. The molecule has 0 aliphatic heterocycles. The lowest BCUT2D eigenvalue weighted by molar-refractivity contribution is 0.206. The van der Waals surface area contributed by atoms with E-state index < -0.39 is 0 Å². The fraction of sp³-hybridized carbons (Fsp3) is 0.818. The maximum Gasteiger partial charge on any atom is 0.0997 e. The van der Waals surface area contributed by atoms with Crippen LogP contribution in [-0.4, -0.2) is 32.2 Å². The summed E-state index contributed by atoms with van der Waals surface area (Å²) in [5.41, 5.74) is 0.539. The van der Waals surface area contributed by atoms with Gasteiger partial charge < -0.3 is 4.90 Å². The van der Waals surface area contributed by atoms with Crippen LogP contribution in [0.4, 0.5) is 4.39 Å². The molecular formula is C11H24FN. The number of alkyl halides is 1. The number of hydrogen-bond acceptors (Lipinski definition) is 1. The topological polar surface area (TPSA) is 3.24 Å². The van der Waals surface area contributed by atoms with Crippen LogP contribution in [0.25, 0.3) is 0 Å². The summed E-state index contributed by atoms with van der Waals surface area (Å²) in [5, 5.41) is 0. The largest absolute Gasteiger partial charge is 0.308 e. The van der Waals surface area contributed by atoms with Crippen molar-refractivity contribution in [2.45, 2.75) is 27.7 Å². The number of halogens is 1. The van der Waals surface area contributed by atoms with E-state index >= 15 is 0 Å². The van der Waals surface area contributed by atoms with Gasteiger partial charge in [-0.05, 0) is 21.0 Å². The Bertz CT molecular complexity index is 143. The van der Waals surface area contributed by atoms with E-state index in [1.807, 2.05) is 46.7 Å². The maximum atomic E-state index is 12.6. The Morgan fingerprint density at radius 3 is 1.85 bits per heavy atom. The van der Waals surface area contributed by atoms with Gasteiger partial charge >= 0.3 is 0 Å². The highest BCUT2D eigenvalue weighted by Crippen LogP contribution is 2.26. The van der Waals surface area contributed by atoms with Gasteiger partial charge in [0.25, 0.3) is 0 Å². The lowest BCUT2D eigenvalue weighted by atomic mass is 9.85. The van der Waals surface area contributed by atoms with Crippen LogP contribution in [0.3, 0.4) is 0 Å². The molecular weight excluding hydrogens is 165 g/mol. The van der Waals surface area contributed by atoms with Crippen molar-refractivity contribution in [2.24, 2.45) is 5.41 Å². The highest BCUT2D eigenvalue weighted by Gasteiger charge is 2.25. The zero-order valence-corrected chi connectivity index (χ0v) is 9.95. The second kappa shape index (κ2) is 7.07. The lowest BCUT2D eigenvalue weighted by Gasteiger charge is -2.29. The lowest BCUT2D eigenvalue weighted by Crippen LogP contribution is -2.33. The quantitative estimate of drug-likeness (QED) is 0.614. The molecule has 0 aliphatic rings. The van der Waals surface area contributed by atoms with E-state index in [1.54, 1.807) is 0 Å². The monoisotopic (exact) mass is 189 g/mol. The average molecular weight is 189 g/mol. The van der Waals surface area contributed by atoms with Crippen molar-refractivity contribution in [1.29, 1.82) is 0 Å². The molecule has 2 heteroatoms. The normalized spacial score (nSPS) is 14.5. The molecule has 0 rings (SSSR count). The molecule has 0 N–H and O–H groups in total. The van der Waals surface area contributed by atoms with Gasteiger partial charge in [-0.3, -0.25) is 4.39 Å². The van der Waals surface area contributed by atoms with Crippen LogP contribution in [0.15, 0.2) is 12.2 Å². The minimum absolute atomic E-state index is 0.333. The van der Waals surface area contributed by atoms with Gasteiger partial charge in [-0.25, -0.2) is 0 Å². The molecule has 1 unspecified atom stereocenters. The number of nitrogens with zero attached hydrogens (tertiary/aromatic N) is 1. The molecule has 80 valence electrons. The fourth-order valence-corrected chi connectivity index (χ4v) is 0.989. The fourth-order valence-electron chi connectivity index (χ4n) is 0.989. The van der Waals surface area contributed by atoms with Crippen molar-refractivity contribution in [2.75, 3.05) is 27.3 Å². The van der Waals surface area contributed by atoms with Gasteiger partial charge in [0, 0.05) is 12.0 Å². The van der Waals surface area contributed by atoms with Crippen LogP contribution in [0.1, 0.15) is 27.7 Å². The van der Waals surface area contributed by atoms with Crippen LogP contribution in [0.5, 0.6) is 0 Å². The first-order valence-corrected chi connectivity index (χ1v) is 4.79. The SMILES string of the molecule is C=C(C)C(C)(CF)CN(C)C.CC. The molecule has 0 saturated carbocycles. The Hall–Kier alpha value is -0.370. The highest BCUT2D eigenvalue weighted by molar-refractivity contribution is 5.06. The minimum Gasteiger partial charge on any atom is -0.308 e. The van der Waals surface area contributed by atoms with Crippen molar-refractivity contribution in [1.82, 2.24) is 4.90 Å². The van der Waals surface area contributed by atoms with Crippen molar-refractivity contribution in [3.05, 3.63) is 12.2 Å². The molecule has 0 saturated heterocycles. The summed E-state index contributed by atoms with van der Waals surface area (Å²) in [7, 11) is 3.88. The molecule has 0 aromatic heterocycles. The van der Waals surface area contributed by atoms with Crippen molar-refractivity contribution in [3.8, 4) is 0 Å². The second-order valence-electron chi connectivity index (χ2n) is 3.71. The van der Waals surface area contributed by atoms with Crippen molar-refractivity contribution in [3.63, 3.8) is 0 Å². The summed E-state index contributed by atoms with van der Waals surface area (Å²) in [5.74, 6) is 0. The first-order chi connectivity index (χ1) is 5.92. The van der Waals surface area contributed by atoms with E-state index in [-0.39, 0.29) is 12.1 Å². The molecule has 0 heterocycles. The molecule has 0 spiro atoms. The third kappa shape index (κ3) is 5.81. The molecule has 0 fully saturated rings. The van der Waals surface area contributed by atoms with Gasteiger partial charge in [0.15, 0.2) is 0 Å². The molecule has 1 atom stereocenters. The zero-order chi connectivity index (χ0) is 11.1. The Morgan fingerprint density at radius 1 is 1.38 bits per heavy atom. The number of rotatable bonds is 4. The number of hydrogen-bond donors (Lipinski definition) is 0. The maximum absolute atomic E-state index is 12.6. The Morgan fingerprint density at radius 2 is 1.77 bits per heavy atom. The van der Waals surface area contributed by atoms with Crippen LogP contribution < -0.4 is 0 Å². The zero-order valence-electron chi connectivity index (χ0n) is 9.95. The van der Waals surface area contributed by atoms with E-state index in [0.717, 1.165) is 12.1 Å². The summed E-state index contributed by atoms with van der Waals surface area (Å²) in [4.78, 5) is 1.98. The summed E-state index contributed by atoms with van der Waals surface area (Å²) < 4.78 is 12.6. The van der Waals surface area contributed by atoms with Gasteiger partial charge in [-0.15, -0.1) is 0 Å². The van der Waals surface area contributed by atoms with Crippen LogP contribution in [0.2, 0.25) is 0 Å². The van der Waals surface area contributed by atoms with Crippen molar-refractivity contribution >= 4 is 0 Å². The smallest absolute Gasteiger partial charge is 0.0997 e. The van der Waals surface area contributed by atoms with E-state index in [0.29, 0.717) is 0 Å². The Balaban J connectivity index is 0. The van der Waals surface area contributed by atoms with Gasteiger partial charge in [0.2, 0.25) is 0 Å². The van der Waals surface area contributed by atoms with Gasteiger partial charge in [-0.2, -0.15) is 0 Å². The predicted molar refractivity (Wildman–Crippen MR) is 58.8 cm³/mol. The predicted octanol–water partition coefficient (Wildman–Crippen LogP) is 3.13. The molecule has 0 amide bonds. The average Bonchev–Trinajstić information content (AvgIpc) is 2.06. The summed E-state index contributed by atoms with van der Waals surface area (Å²) in [6.07, 6.45) is 0. The Kier molecular flexibility index (Phi) is 8.23. The summed E-state index contributed by atoms with van der Waals surface area (Å²) >= 11 is 0. The van der Waals surface area contributed by atoms with E-state index in [1.165, 1.54) is 0 Å². The standard InChI is InChI=1S/C9H18FN.C2H6/c1-8(2)9(3,6-10)7-11(4)5;1-2/h1,6-7H2,2-5H3;1-2H3. The summed E-state index contributed by atoms with van der Waals surface area (Å²) in [6, 6.07) is 0. The molecule has 0 aliphatic carbocycles. The summed E-state index contributed by atoms with van der Waals surface area (Å²) in [6.45, 7) is 11.9. The molecule has 0 aromatic rings. The third-order valence-corrected chi connectivity index (χ3v) is 1.99.